The maximum atomic E-state index is 13.8. The molecule has 21 heavy (non-hydrogen) atoms. The second kappa shape index (κ2) is 7.13. The number of benzene rings is 1. The molecule has 1 aromatic heterocycles. The first-order valence-corrected chi connectivity index (χ1v) is 7.01. The summed E-state index contributed by atoms with van der Waals surface area (Å²) in [5, 5.41) is 3.31. The van der Waals surface area contributed by atoms with Crippen molar-refractivity contribution < 1.29 is 9.13 Å². The van der Waals surface area contributed by atoms with Crippen LogP contribution in [-0.2, 0) is 6.54 Å². The maximum Gasteiger partial charge on any atom is 0.321 e. The molecule has 0 spiro atoms. The van der Waals surface area contributed by atoms with Crippen LogP contribution in [0.2, 0.25) is 0 Å². The Morgan fingerprint density at radius 3 is 2.62 bits per heavy atom. The summed E-state index contributed by atoms with van der Waals surface area (Å²) in [5.41, 5.74) is 1.50. The standard InChI is InChI=1S/C16H20FN3O/c1-11(2)7-18-8-13-9-19-16(20-10-13)21-14-6-4-5-12(3)15(14)17/h4-6,9-11,18H,7-8H2,1-3H3. The van der Waals surface area contributed by atoms with Crippen molar-refractivity contribution in [2.45, 2.75) is 27.3 Å². The highest BCUT2D eigenvalue weighted by atomic mass is 19.1. The van der Waals surface area contributed by atoms with Crippen molar-refractivity contribution in [3.8, 4) is 11.8 Å². The Labute approximate surface area is 124 Å². The lowest BCUT2D eigenvalue weighted by atomic mass is 10.2. The number of ether oxygens (including phenoxy) is 1. The summed E-state index contributed by atoms with van der Waals surface area (Å²) in [7, 11) is 0. The fraction of sp³-hybridized carbons (Fsp3) is 0.375. The highest BCUT2D eigenvalue weighted by molar-refractivity contribution is 5.31. The lowest BCUT2D eigenvalue weighted by Gasteiger charge is -2.08. The lowest BCUT2D eigenvalue weighted by molar-refractivity contribution is 0.408. The first kappa shape index (κ1) is 15.4. The van der Waals surface area contributed by atoms with Gasteiger partial charge in [0.15, 0.2) is 11.6 Å². The monoisotopic (exact) mass is 289 g/mol. The minimum atomic E-state index is -0.385. The van der Waals surface area contributed by atoms with Gasteiger partial charge in [-0.05, 0) is 31.0 Å². The van der Waals surface area contributed by atoms with E-state index in [1.807, 2.05) is 0 Å². The Balaban J connectivity index is 1.97. The normalized spacial score (nSPS) is 10.9. The lowest BCUT2D eigenvalue weighted by Crippen LogP contribution is -2.19. The summed E-state index contributed by atoms with van der Waals surface area (Å²) in [6.45, 7) is 7.63. The molecular formula is C16H20FN3O. The van der Waals surface area contributed by atoms with Crippen molar-refractivity contribution in [2.24, 2.45) is 5.92 Å². The molecule has 4 nitrogen and oxygen atoms in total. The molecular weight excluding hydrogens is 269 g/mol. The van der Waals surface area contributed by atoms with E-state index in [9.17, 15) is 4.39 Å². The topological polar surface area (TPSA) is 47.0 Å². The van der Waals surface area contributed by atoms with Crippen LogP contribution in [0, 0.1) is 18.7 Å². The molecule has 2 rings (SSSR count). The van der Waals surface area contributed by atoms with E-state index in [1.165, 1.54) is 0 Å². The molecule has 0 saturated heterocycles. The highest BCUT2D eigenvalue weighted by Crippen LogP contribution is 2.23. The van der Waals surface area contributed by atoms with Gasteiger partial charge < -0.3 is 10.1 Å². The van der Waals surface area contributed by atoms with Gasteiger partial charge in [0.2, 0.25) is 0 Å². The van der Waals surface area contributed by atoms with Crippen LogP contribution in [0.15, 0.2) is 30.6 Å². The third kappa shape index (κ3) is 4.49. The van der Waals surface area contributed by atoms with Gasteiger partial charge >= 0.3 is 6.01 Å². The molecule has 0 aliphatic rings. The average Bonchev–Trinajstić information content (AvgIpc) is 2.45. The Hall–Kier alpha value is -2.01. The van der Waals surface area contributed by atoms with Crippen molar-refractivity contribution in [2.75, 3.05) is 6.54 Å². The maximum absolute atomic E-state index is 13.8. The molecule has 0 saturated carbocycles. The first-order valence-electron chi connectivity index (χ1n) is 7.01. The number of rotatable bonds is 6. The summed E-state index contributed by atoms with van der Waals surface area (Å²) < 4.78 is 19.2. The number of aromatic nitrogens is 2. The highest BCUT2D eigenvalue weighted by Gasteiger charge is 2.08. The minimum Gasteiger partial charge on any atom is -0.421 e. The molecule has 1 aromatic carbocycles. The Bertz CT molecular complexity index is 585. The van der Waals surface area contributed by atoms with Crippen LogP contribution in [-0.4, -0.2) is 16.5 Å². The summed E-state index contributed by atoms with van der Waals surface area (Å²) in [5.74, 6) is 0.349. The van der Waals surface area contributed by atoms with E-state index in [0.717, 1.165) is 12.1 Å². The van der Waals surface area contributed by atoms with Gasteiger partial charge in [0, 0.05) is 24.5 Å². The molecule has 0 atom stereocenters. The zero-order chi connectivity index (χ0) is 15.2. The molecule has 0 fully saturated rings. The molecule has 0 unspecified atom stereocenters. The quantitative estimate of drug-likeness (QED) is 0.884. The predicted octanol–water partition coefficient (Wildman–Crippen LogP) is 3.46. The van der Waals surface area contributed by atoms with Crippen LogP contribution in [0.5, 0.6) is 11.8 Å². The zero-order valence-electron chi connectivity index (χ0n) is 12.6. The third-order valence-electron chi connectivity index (χ3n) is 2.92. The average molecular weight is 289 g/mol. The van der Waals surface area contributed by atoms with E-state index in [1.54, 1.807) is 37.5 Å². The van der Waals surface area contributed by atoms with Gasteiger partial charge in [-0.2, -0.15) is 0 Å². The Morgan fingerprint density at radius 2 is 1.95 bits per heavy atom. The summed E-state index contributed by atoms with van der Waals surface area (Å²) in [6, 6.07) is 5.13. The SMILES string of the molecule is Cc1cccc(Oc2ncc(CNCC(C)C)cn2)c1F. The zero-order valence-corrected chi connectivity index (χ0v) is 12.6. The fourth-order valence-electron chi connectivity index (χ4n) is 1.79. The number of hydrogen-bond acceptors (Lipinski definition) is 4. The van der Waals surface area contributed by atoms with Crippen molar-refractivity contribution in [3.05, 3.63) is 47.5 Å². The molecule has 1 heterocycles. The van der Waals surface area contributed by atoms with E-state index in [4.69, 9.17) is 4.74 Å². The van der Waals surface area contributed by atoms with Crippen LogP contribution in [0.4, 0.5) is 4.39 Å². The molecule has 0 radical (unpaired) electrons. The van der Waals surface area contributed by atoms with Gasteiger partial charge in [0.1, 0.15) is 0 Å². The van der Waals surface area contributed by atoms with E-state index < -0.39 is 0 Å². The van der Waals surface area contributed by atoms with Crippen LogP contribution in [0.1, 0.15) is 25.0 Å². The van der Waals surface area contributed by atoms with Gasteiger partial charge in [-0.1, -0.05) is 26.0 Å². The molecule has 0 aliphatic heterocycles. The second-order valence-electron chi connectivity index (χ2n) is 5.39. The first-order chi connectivity index (χ1) is 10.1. The van der Waals surface area contributed by atoms with Crippen LogP contribution in [0.25, 0.3) is 0 Å². The number of hydrogen-bond donors (Lipinski definition) is 1. The molecule has 1 N–H and O–H groups in total. The van der Waals surface area contributed by atoms with Crippen LogP contribution < -0.4 is 10.1 Å². The van der Waals surface area contributed by atoms with Crippen LogP contribution in [0.3, 0.4) is 0 Å². The van der Waals surface area contributed by atoms with Crippen LogP contribution >= 0.6 is 0 Å². The molecule has 2 aromatic rings. The largest absolute Gasteiger partial charge is 0.421 e. The molecule has 0 bridgehead atoms. The van der Waals surface area contributed by atoms with Gasteiger partial charge in [0.25, 0.3) is 0 Å². The van der Waals surface area contributed by atoms with E-state index in [2.05, 4.69) is 29.1 Å². The van der Waals surface area contributed by atoms with Gasteiger partial charge in [-0.3, -0.25) is 0 Å². The van der Waals surface area contributed by atoms with Gasteiger partial charge in [-0.15, -0.1) is 0 Å². The second-order valence-corrected chi connectivity index (χ2v) is 5.39. The summed E-state index contributed by atoms with van der Waals surface area (Å²) in [6.07, 6.45) is 3.37. The minimum absolute atomic E-state index is 0.140. The van der Waals surface area contributed by atoms with E-state index in [-0.39, 0.29) is 17.6 Å². The number of nitrogens with one attached hydrogen (secondary N) is 1. The molecule has 5 heteroatoms. The Morgan fingerprint density at radius 1 is 1.24 bits per heavy atom. The molecule has 0 amide bonds. The number of nitrogens with zero attached hydrogens (tertiary/aromatic N) is 2. The number of aryl methyl sites for hydroxylation is 1. The summed E-state index contributed by atoms with van der Waals surface area (Å²) >= 11 is 0. The van der Waals surface area contributed by atoms with E-state index in [0.29, 0.717) is 18.0 Å². The van der Waals surface area contributed by atoms with Gasteiger partial charge in [-0.25, -0.2) is 14.4 Å². The smallest absolute Gasteiger partial charge is 0.321 e. The number of halogens is 1. The van der Waals surface area contributed by atoms with E-state index >= 15 is 0 Å². The van der Waals surface area contributed by atoms with Crippen molar-refractivity contribution in [3.63, 3.8) is 0 Å². The predicted molar refractivity (Wildman–Crippen MR) is 79.8 cm³/mol. The molecule has 112 valence electrons. The fourth-order valence-corrected chi connectivity index (χ4v) is 1.79. The Kier molecular flexibility index (Phi) is 5.22. The molecule has 0 aliphatic carbocycles. The third-order valence-corrected chi connectivity index (χ3v) is 2.92. The van der Waals surface area contributed by atoms with Crippen molar-refractivity contribution in [1.29, 1.82) is 0 Å². The van der Waals surface area contributed by atoms with Crippen molar-refractivity contribution in [1.82, 2.24) is 15.3 Å². The van der Waals surface area contributed by atoms with Gasteiger partial charge in [0.05, 0.1) is 0 Å². The summed E-state index contributed by atoms with van der Waals surface area (Å²) in [4.78, 5) is 8.21. The van der Waals surface area contributed by atoms with Crippen molar-refractivity contribution >= 4 is 0 Å².